The van der Waals surface area contributed by atoms with Crippen molar-refractivity contribution in [3.8, 4) is 12.1 Å². The quantitative estimate of drug-likeness (QED) is 0.658. The standard InChI is InChI=1S/C22H21F3N2O4/c1-20(2,3)31-18(28)15-9-10-16(13-5-7-14(8-6-13)22(23,24)25)21(11-26,12-27)17(15)19(29)30-4/h5-9,16-17H,10H2,1-4H3/t16-,17+/m1/s1. The van der Waals surface area contributed by atoms with Gasteiger partial charge in [0.2, 0.25) is 0 Å². The topological polar surface area (TPSA) is 100 Å². The van der Waals surface area contributed by atoms with Crippen LogP contribution in [0.25, 0.3) is 0 Å². The van der Waals surface area contributed by atoms with Gasteiger partial charge in [0.25, 0.3) is 0 Å². The van der Waals surface area contributed by atoms with E-state index >= 15 is 0 Å². The zero-order chi connectivity index (χ0) is 23.6. The number of benzene rings is 1. The monoisotopic (exact) mass is 434 g/mol. The molecule has 0 aliphatic heterocycles. The summed E-state index contributed by atoms with van der Waals surface area (Å²) in [6.07, 6.45) is -3.20. The zero-order valence-electron chi connectivity index (χ0n) is 17.4. The average Bonchev–Trinajstić information content (AvgIpc) is 2.70. The van der Waals surface area contributed by atoms with Crippen LogP contribution in [0.4, 0.5) is 13.2 Å². The number of rotatable bonds is 3. The van der Waals surface area contributed by atoms with Crippen LogP contribution in [0.15, 0.2) is 35.9 Å². The van der Waals surface area contributed by atoms with Gasteiger partial charge in [-0.1, -0.05) is 18.2 Å². The third-order valence-electron chi connectivity index (χ3n) is 4.97. The van der Waals surface area contributed by atoms with Crippen LogP contribution in [0.2, 0.25) is 0 Å². The minimum atomic E-state index is -4.55. The zero-order valence-corrected chi connectivity index (χ0v) is 17.4. The van der Waals surface area contributed by atoms with Crippen molar-refractivity contribution in [2.24, 2.45) is 11.3 Å². The molecule has 1 aliphatic carbocycles. The van der Waals surface area contributed by atoms with Crippen LogP contribution in [0.5, 0.6) is 0 Å². The van der Waals surface area contributed by atoms with E-state index in [1.165, 1.54) is 6.08 Å². The van der Waals surface area contributed by atoms with Gasteiger partial charge in [0, 0.05) is 5.92 Å². The third kappa shape index (κ3) is 4.72. The van der Waals surface area contributed by atoms with Gasteiger partial charge in [0.05, 0.1) is 30.4 Å². The molecule has 0 fully saturated rings. The van der Waals surface area contributed by atoms with Crippen molar-refractivity contribution in [3.05, 3.63) is 47.0 Å². The summed E-state index contributed by atoms with van der Waals surface area (Å²) in [5.41, 5.74) is -3.81. The first-order chi connectivity index (χ1) is 14.3. The van der Waals surface area contributed by atoms with Gasteiger partial charge in [-0.15, -0.1) is 0 Å². The molecule has 0 N–H and O–H groups in total. The fourth-order valence-corrected chi connectivity index (χ4v) is 3.58. The Kier molecular flexibility index (Phi) is 6.51. The van der Waals surface area contributed by atoms with Crippen molar-refractivity contribution in [2.45, 2.75) is 44.9 Å². The summed E-state index contributed by atoms with van der Waals surface area (Å²) in [7, 11) is 1.05. The van der Waals surface area contributed by atoms with E-state index in [2.05, 4.69) is 0 Å². The fraction of sp³-hybridized carbons (Fsp3) is 0.455. The number of methoxy groups -OCH3 is 1. The number of ether oxygens (including phenoxy) is 2. The van der Waals surface area contributed by atoms with Gasteiger partial charge in [-0.3, -0.25) is 4.79 Å². The molecule has 1 aromatic carbocycles. The maximum atomic E-state index is 12.9. The number of carbonyl (C=O) groups is 2. The van der Waals surface area contributed by atoms with E-state index in [1.54, 1.807) is 20.8 Å². The second kappa shape index (κ2) is 8.43. The summed E-state index contributed by atoms with van der Waals surface area (Å²) in [5, 5.41) is 19.9. The van der Waals surface area contributed by atoms with Crippen molar-refractivity contribution >= 4 is 11.9 Å². The molecule has 0 spiro atoms. The highest BCUT2D eigenvalue weighted by Gasteiger charge is 2.56. The summed E-state index contributed by atoms with van der Waals surface area (Å²) in [6.45, 7) is 4.86. The van der Waals surface area contributed by atoms with Crippen molar-refractivity contribution in [1.29, 1.82) is 10.5 Å². The number of esters is 2. The molecule has 2 rings (SSSR count). The molecule has 0 saturated carbocycles. The Morgan fingerprint density at radius 2 is 1.65 bits per heavy atom. The SMILES string of the molecule is COC(=O)[C@@H]1C(C(=O)OC(C)(C)C)=CC[C@H](c2ccc(C(F)(F)F)cc2)C1(C#N)C#N. The number of alkyl halides is 3. The summed E-state index contributed by atoms with van der Waals surface area (Å²) in [6, 6.07) is 7.69. The second-order valence-electron chi connectivity index (χ2n) is 8.12. The van der Waals surface area contributed by atoms with Gasteiger partial charge in [0.15, 0.2) is 5.41 Å². The normalized spacial score (nSPS) is 20.6. The van der Waals surface area contributed by atoms with Crippen LogP contribution in [0, 0.1) is 34.0 Å². The van der Waals surface area contributed by atoms with E-state index in [4.69, 9.17) is 9.47 Å². The Morgan fingerprint density at radius 3 is 2.06 bits per heavy atom. The van der Waals surface area contributed by atoms with Gasteiger partial charge >= 0.3 is 18.1 Å². The Morgan fingerprint density at radius 1 is 1.10 bits per heavy atom. The lowest BCUT2D eigenvalue weighted by Gasteiger charge is -2.38. The number of nitrogens with zero attached hydrogens (tertiary/aromatic N) is 2. The Labute approximate surface area is 177 Å². The van der Waals surface area contributed by atoms with Crippen molar-refractivity contribution < 1.29 is 32.2 Å². The second-order valence-corrected chi connectivity index (χ2v) is 8.12. The predicted molar refractivity (Wildman–Crippen MR) is 102 cm³/mol. The Bertz CT molecular complexity index is 962. The molecule has 31 heavy (non-hydrogen) atoms. The summed E-state index contributed by atoms with van der Waals surface area (Å²) < 4.78 is 48.8. The van der Waals surface area contributed by atoms with E-state index in [0.29, 0.717) is 0 Å². The van der Waals surface area contributed by atoms with Gasteiger partial charge in [-0.2, -0.15) is 23.7 Å². The lowest BCUT2D eigenvalue weighted by Crippen LogP contribution is -2.45. The number of allylic oxidation sites excluding steroid dienone is 1. The molecule has 1 aromatic rings. The highest BCUT2D eigenvalue weighted by atomic mass is 19.4. The van der Waals surface area contributed by atoms with Crippen molar-refractivity contribution in [3.63, 3.8) is 0 Å². The van der Waals surface area contributed by atoms with Crippen LogP contribution >= 0.6 is 0 Å². The number of carbonyl (C=O) groups excluding carboxylic acids is 2. The first-order valence-electron chi connectivity index (χ1n) is 9.31. The highest BCUT2D eigenvalue weighted by Crippen LogP contribution is 2.51. The Hall–Kier alpha value is -3.33. The minimum Gasteiger partial charge on any atom is -0.468 e. The van der Waals surface area contributed by atoms with Gasteiger partial charge < -0.3 is 9.47 Å². The summed E-state index contributed by atoms with van der Waals surface area (Å²) in [5.74, 6) is -4.43. The lowest BCUT2D eigenvalue weighted by atomic mass is 9.59. The molecule has 164 valence electrons. The smallest absolute Gasteiger partial charge is 0.416 e. The van der Waals surface area contributed by atoms with E-state index in [1.807, 2.05) is 12.1 Å². The number of hydrogen-bond donors (Lipinski definition) is 0. The largest absolute Gasteiger partial charge is 0.468 e. The van der Waals surface area contributed by atoms with Crippen LogP contribution in [0.3, 0.4) is 0 Å². The van der Waals surface area contributed by atoms with E-state index < -0.39 is 46.5 Å². The van der Waals surface area contributed by atoms with Gasteiger partial charge in [0.1, 0.15) is 11.5 Å². The molecular formula is C22H21F3N2O4. The molecular weight excluding hydrogens is 413 g/mol. The molecule has 9 heteroatoms. The van der Waals surface area contributed by atoms with E-state index in [-0.39, 0.29) is 17.6 Å². The molecule has 1 aliphatic rings. The number of halogens is 3. The molecule has 0 unspecified atom stereocenters. The molecule has 0 bridgehead atoms. The predicted octanol–water partition coefficient (Wildman–Crippen LogP) is 4.28. The third-order valence-corrected chi connectivity index (χ3v) is 4.97. The van der Waals surface area contributed by atoms with E-state index in [0.717, 1.165) is 31.4 Å². The Balaban J connectivity index is 2.63. The maximum absolute atomic E-state index is 12.9. The van der Waals surface area contributed by atoms with Gasteiger partial charge in [-0.05, 0) is 44.9 Å². The summed E-state index contributed by atoms with van der Waals surface area (Å²) >= 11 is 0. The molecule has 0 saturated heterocycles. The molecule has 0 aromatic heterocycles. The average molecular weight is 434 g/mol. The molecule has 0 amide bonds. The first kappa shape index (κ1) is 23.9. The lowest BCUT2D eigenvalue weighted by molar-refractivity contribution is -0.156. The van der Waals surface area contributed by atoms with E-state index in [9.17, 15) is 33.3 Å². The molecule has 0 radical (unpaired) electrons. The number of hydrogen-bond acceptors (Lipinski definition) is 6. The van der Waals surface area contributed by atoms with Crippen LogP contribution in [0.1, 0.15) is 44.2 Å². The molecule has 2 atom stereocenters. The van der Waals surface area contributed by atoms with Crippen LogP contribution in [-0.2, 0) is 25.2 Å². The highest BCUT2D eigenvalue weighted by molar-refractivity contribution is 5.97. The molecule has 6 nitrogen and oxygen atoms in total. The van der Waals surface area contributed by atoms with Crippen molar-refractivity contribution in [1.82, 2.24) is 0 Å². The maximum Gasteiger partial charge on any atom is 0.416 e. The fourth-order valence-electron chi connectivity index (χ4n) is 3.58. The summed E-state index contributed by atoms with van der Waals surface area (Å²) in [4.78, 5) is 25.3. The minimum absolute atomic E-state index is 0.0332. The van der Waals surface area contributed by atoms with Crippen LogP contribution in [-0.4, -0.2) is 24.6 Å². The number of nitriles is 2. The van der Waals surface area contributed by atoms with Crippen molar-refractivity contribution in [2.75, 3.05) is 7.11 Å². The molecule has 0 heterocycles. The first-order valence-corrected chi connectivity index (χ1v) is 9.31. The van der Waals surface area contributed by atoms with Crippen LogP contribution < -0.4 is 0 Å². The van der Waals surface area contributed by atoms with Gasteiger partial charge in [-0.25, -0.2) is 4.79 Å².